The summed E-state index contributed by atoms with van der Waals surface area (Å²) in [5.41, 5.74) is 12.2. The Morgan fingerprint density at radius 2 is 0.483 bits per heavy atom. The van der Waals surface area contributed by atoms with Gasteiger partial charge in [-0.05, 0) is 126 Å². The molecule has 0 aliphatic carbocycles. The SMILES string of the molecule is c1ccc2c(-c3ccc4cc(-n5c6ccccc6c6ccccc65)ccc4c3)c3ccccc3c(-c3ccc4cc(-n5c6ccccc6c6ccccc65)ccc4c3)c2c1. The summed E-state index contributed by atoms with van der Waals surface area (Å²) >= 11 is 0. The molecule has 2 heterocycles. The number of fused-ring (bicyclic) bond motifs is 10. The fraction of sp³-hybridized carbons (Fsp3) is 0. The Morgan fingerprint density at radius 3 is 0.817 bits per heavy atom. The van der Waals surface area contributed by atoms with E-state index < -0.39 is 0 Å². The summed E-state index contributed by atoms with van der Waals surface area (Å²) in [5.74, 6) is 0. The highest BCUT2D eigenvalue weighted by atomic mass is 15.0. The molecule has 13 rings (SSSR count). The molecule has 60 heavy (non-hydrogen) atoms. The first-order valence-electron chi connectivity index (χ1n) is 20.8. The lowest BCUT2D eigenvalue weighted by molar-refractivity contribution is 1.19. The molecule has 0 fully saturated rings. The summed E-state index contributed by atoms with van der Waals surface area (Å²) in [7, 11) is 0. The zero-order chi connectivity index (χ0) is 39.3. The van der Waals surface area contributed by atoms with E-state index in [0.29, 0.717) is 0 Å². The van der Waals surface area contributed by atoms with E-state index in [-0.39, 0.29) is 0 Å². The Kier molecular flexibility index (Phi) is 7.05. The van der Waals surface area contributed by atoms with Crippen molar-refractivity contribution in [2.75, 3.05) is 0 Å². The molecule has 2 heteroatoms. The second-order valence-electron chi connectivity index (χ2n) is 16.1. The summed E-state index contributed by atoms with van der Waals surface area (Å²) in [5, 5.41) is 15.0. The van der Waals surface area contributed by atoms with Crippen molar-refractivity contribution in [3.8, 4) is 33.6 Å². The fourth-order valence-corrected chi connectivity index (χ4v) is 10.2. The Hall–Kier alpha value is -7.94. The molecule has 0 atom stereocenters. The van der Waals surface area contributed by atoms with Crippen molar-refractivity contribution >= 4 is 86.7 Å². The van der Waals surface area contributed by atoms with E-state index in [0.717, 1.165) is 0 Å². The second kappa shape index (κ2) is 12.8. The Morgan fingerprint density at radius 1 is 0.217 bits per heavy atom. The molecule has 0 saturated carbocycles. The van der Waals surface area contributed by atoms with E-state index >= 15 is 0 Å². The zero-order valence-corrected chi connectivity index (χ0v) is 32.7. The summed E-state index contributed by atoms with van der Waals surface area (Å²) in [4.78, 5) is 0. The van der Waals surface area contributed by atoms with Crippen LogP contribution in [0, 0.1) is 0 Å². The molecule has 0 unspecified atom stereocenters. The van der Waals surface area contributed by atoms with Gasteiger partial charge in [0.25, 0.3) is 0 Å². The minimum absolute atomic E-state index is 1.17. The van der Waals surface area contributed by atoms with Crippen molar-refractivity contribution in [3.05, 3.63) is 218 Å². The number of hydrogen-bond donors (Lipinski definition) is 0. The van der Waals surface area contributed by atoms with Gasteiger partial charge in [-0.2, -0.15) is 0 Å². The van der Waals surface area contributed by atoms with Gasteiger partial charge in [0.15, 0.2) is 0 Å². The van der Waals surface area contributed by atoms with Gasteiger partial charge in [-0.3, -0.25) is 0 Å². The molecule has 0 saturated heterocycles. The van der Waals surface area contributed by atoms with E-state index in [1.54, 1.807) is 0 Å². The minimum atomic E-state index is 1.17. The van der Waals surface area contributed by atoms with Gasteiger partial charge in [-0.25, -0.2) is 0 Å². The summed E-state index contributed by atoms with van der Waals surface area (Å²) in [6.07, 6.45) is 0. The van der Waals surface area contributed by atoms with Crippen LogP contribution < -0.4 is 0 Å². The van der Waals surface area contributed by atoms with Crippen LogP contribution in [0.3, 0.4) is 0 Å². The predicted molar refractivity (Wildman–Crippen MR) is 256 cm³/mol. The van der Waals surface area contributed by atoms with Crippen LogP contribution in [0.1, 0.15) is 0 Å². The van der Waals surface area contributed by atoms with E-state index in [2.05, 4.69) is 228 Å². The highest BCUT2D eigenvalue weighted by Crippen LogP contribution is 2.45. The van der Waals surface area contributed by atoms with Gasteiger partial charge in [0.2, 0.25) is 0 Å². The number of hydrogen-bond acceptors (Lipinski definition) is 0. The van der Waals surface area contributed by atoms with Crippen molar-refractivity contribution < 1.29 is 0 Å². The van der Waals surface area contributed by atoms with Gasteiger partial charge in [0.05, 0.1) is 22.1 Å². The first-order chi connectivity index (χ1) is 29.8. The molecular weight excluding hydrogens is 725 g/mol. The molecule has 278 valence electrons. The van der Waals surface area contributed by atoms with Gasteiger partial charge in [0, 0.05) is 32.9 Å². The lowest BCUT2D eigenvalue weighted by atomic mass is 9.85. The Bertz CT molecular complexity index is 3480. The van der Waals surface area contributed by atoms with Crippen molar-refractivity contribution in [2.45, 2.75) is 0 Å². The molecule has 0 bridgehead atoms. The van der Waals surface area contributed by atoms with E-state index in [1.807, 2.05) is 0 Å². The van der Waals surface area contributed by atoms with Crippen LogP contribution in [0.15, 0.2) is 218 Å². The average molecular weight is 761 g/mol. The number of benzene rings is 11. The van der Waals surface area contributed by atoms with Gasteiger partial charge in [-0.15, -0.1) is 0 Å². The minimum Gasteiger partial charge on any atom is -0.309 e. The highest BCUT2D eigenvalue weighted by molar-refractivity contribution is 6.22. The summed E-state index contributed by atoms with van der Waals surface area (Å²) < 4.78 is 4.80. The van der Waals surface area contributed by atoms with Crippen molar-refractivity contribution in [2.24, 2.45) is 0 Å². The zero-order valence-electron chi connectivity index (χ0n) is 32.7. The van der Waals surface area contributed by atoms with Gasteiger partial charge in [-0.1, -0.05) is 158 Å². The number of rotatable bonds is 4. The number of aromatic nitrogens is 2. The highest BCUT2D eigenvalue weighted by Gasteiger charge is 2.19. The van der Waals surface area contributed by atoms with Crippen LogP contribution in [0.4, 0.5) is 0 Å². The van der Waals surface area contributed by atoms with Crippen molar-refractivity contribution in [3.63, 3.8) is 0 Å². The first-order valence-corrected chi connectivity index (χ1v) is 20.8. The maximum absolute atomic E-state index is 2.40. The van der Waals surface area contributed by atoms with Crippen molar-refractivity contribution in [1.29, 1.82) is 0 Å². The molecule has 11 aromatic carbocycles. The molecule has 0 aliphatic heterocycles. The molecule has 13 aromatic rings. The summed E-state index contributed by atoms with van der Waals surface area (Å²) in [6.45, 7) is 0. The van der Waals surface area contributed by atoms with Crippen LogP contribution in [-0.4, -0.2) is 9.13 Å². The standard InChI is InChI=1S/C58H36N2/c1-2-18-50-49(17-1)57(41-27-25-39-35-43(31-29-37(39)33-41)59-53-21-9-5-13-45(53)46-14-6-10-22-54(46)59)51-19-3-4-20-52(51)58(50)42-28-26-40-36-44(32-30-38(40)34-42)60-55-23-11-7-15-47(55)48-16-8-12-24-56(48)60/h1-36H. The van der Waals surface area contributed by atoms with Gasteiger partial charge < -0.3 is 9.13 Å². The number of nitrogens with zero attached hydrogens (tertiary/aromatic N) is 2. The lowest BCUT2D eigenvalue weighted by Gasteiger charge is -2.18. The maximum Gasteiger partial charge on any atom is 0.0541 e. The monoisotopic (exact) mass is 760 g/mol. The van der Waals surface area contributed by atoms with Crippen LogP contribution >= 0.6 is 0 Å². The molecule has 0 spiro atoms. The number of para-hydroxylation sites is 4. The van der Waals surface area contributed by atoms with Crippen LogP contribution in [0.5, 0.6) is 0 Å². The molecule has 0 aliphatic rings. The van der Waals surface area contributed by atoms with Crippen molar-refractivity contribution in [1.82, 2.24) is 9.13 Å². The predicted octanol–water partition coefficient (Wildman–Crippen LogP) is 15.8. The van der Waals surface area contributed by atoms with Gasteiger partial charge >= 0.3 is 0 Å². The topological polar surface area (TPSA) is 9.86 Å². The quantitative estimate of drug-likeness (QED) is 0.158. The average Bonchev–Trinajstić information content (AvgIpc) is 3.83. The third-order valence-corrected chi connectivity index (χ3v) is 12.8. The third-order valence-electron chi connectivity index (χ3n) is 12.8. The van der Waals surface area contributed by atoms with Crippen LogP contribution in [0.25, 0.3) is 120 Å². The van der Waals surface area contributed by atoms with E-state index in [9.17, 15) is 0 Å². The maximum atomic E-state index is 2.40. The fourth-order valence-electron chi connectivity index (χ4n) is 10.2. The molecule has 2 aromatic heterocycles. The van der Waals surface area contributed by atoms with Gasteiger partial charge in [0.1, 0.15) is 0 Å². The van der Waals surface area contributed by atoms with Crippen LogP contribution in [0.2, 0.25) is 0 Å². The van der Waals surface area contributed by atoms with E-state index in [4.69, 9.17) is 0 Å². The smallest absolute Gasteiger partial charge is 0.0541 e. The third kappa shape index (κ3) is 4.82. The lowest BCUT2D eigenvalue weighted by Crippen LogP contribution is -1.94. The molecule has 0 amide bonds. The Labute approximate surface area is 346 Å². The molecule has 0 radical (unpaired) electrons. The van der Waals surface area contributed by atoms with E-state index in [1.165, 1.54) is 120 Å². The normalized spacial score (nSPS) is 12.0. The van der Waals surface area contributed by atoms with Crippen LogP contribution in [-0.2, 0) is 0 Å². The first kappa shape index (κ1) is 33.1. The molecular formula is C58H36N2. The largest absolute Gasteiger partial charge is 0.309 e. The Balaban J connectivity index is 0.946. The second-order valence-corrected chi connectivity index (χ2v) is 16.1. The summed E-state index contributed by atoms with van der Waals surface area (Å²) in [6, 6.07) is 80.6. The molecule has 2 nitrogen and oxygen atoms in total. The molecule has 0 N–H and O–H groups in total.